The molecule has 0 amide bonds. The summed E-state index contributed by atoms with van der Waals surface area (Å²) in [5.74, 6) is 1.51. The fourth-order valence-corrected chi connectivity index (χ4v) is 2.84. The van der Waals surface area contributed by atoms with Gasteiger partial charge in [0.05, 0.1) is 11.7 Å². The van der Waals surface area contributed by atoms with Crippen molar-refractivity contribution >= 4 is 0 Å². The quantitative estimate of drug-likeness (QED) is 0.858. The Balaban J connectivity index is 2.24. The predicted molar refractivity (Wildman–Crippen MR) is 68.8 cm³/mol. The summed E-state index contributed by atoms with van der Waals surface area (Å²) < 4.78 is 0. The number of aromatic nitrogens is 2. The zero-order valence-corrected chi connectivity index (χ0v) is 11.0. The van der Waals surface area contributed by atoms with Crippen molar-refractivity contribution in [3.05, 3.63) is 23.8 Å². The Bertz CT molecular complexity index is 364. The molecule has 4 nitrogen and oxygen atoms in total. The molecule has 0 bridgehead atoms. The van der Waals surface area contributed by atoms with Crippen LogP contribution < -0.4 is 5.32 Å². The number of hydrogen-bond donors (Lipinski definition) is 1. The third-order valence-corrected chi connectivity index (χ3v) is 3.57. The van der Waals surface area contributed by atoms with Crippen LogP contribution in [-0.2, 0) is 0 Å². The van der Waals surface area contributed by atoms with Gasteiger partial charge in [-0.2, -0.15) is 0 Å². The molecule has 1 aliphatic heterocycles. The van der Waals surface area contributed by atoms with Gasteiger partial charge in [-0.15, -0.1) is 0 Å². The van der Waals surface area contributed by atoms with Gasteiger partial charge in [0.2, 0.25) is 0 Å². The molecule has 94 valence electrons. The molecule has 2 heterocycles. The highest BCUT2D eigenvalue weighted by Crippen LogP contribution is 2.33. The highest BCUT2D eigenvalue weighted by Gasteiger charge is 2.30. The van der Waals surface area contributed by atoms with E-state index in [1.807, 2.05) is 20.2 Å². The first-order valence-corrected chi connectivity index (χ1v) is 6.36. The maximum Gasteiger partial charge on any atom is 0.125 e. The van der Waals surface area contributed by atoms with Crippen molar-refractivity contribution in [2.75, 3.05) is 27.2 Å². The molecule has 2 rings (SSSR count). The summed E-state index contributed by atoms with van der Waals surface area (Å²) in [6.45, 7) is 4.17. The fourth-order valence-electron chi connectivity index (χ4n) is 2.84. The highest BCUT2D eigenvalue weighted by atomic mass is 15.2. The molecule has 1 fully saturated rings. The maximum atomic E-state index is 4.60. The Labute approximate surface area is 103 Å². The van der Waals surface area contributed by atoms with Gasteiger partial charge in [-0.25, -0.2) is 9.97 Å². The van der Waals surface area contributed by atoms with E-state index in [1.54, 1.807) is 0 Å². The first-order chi connectivity index (χ1) is 8.22. The van der Waals surface area contributed by atoms with Crippen molar-refractivity contribution < 1.29 is 0 Å². The van der Waals surface area contributed by atoms with E-state index in [1.165, 1.54) is 18.5 Å². The summed E-state index contributed by atoms with van der Waals surface area (Å²) in [5, 5.41) is 3.30. The molecule has 1 aliphatic rings. The molecule has 1 aromatic heterocycles. The average Bonchev–Trinajstić information content (AvgIpc) is 2.29. The van der Waals surface area contributed by atoms with Crippen LogP contribution in [0.5, 0.6) is 0 Å². The van der Waals surface area contributed by atoms with Crippen LogP contribution in [-0.4, -0.2) is 42.1 Å². The zero-order valence-electron chi connectivity index (χ0n) is 11.0. The van der Waals surface area contributed by atoms with Crippen LogP contribution in [0.3, 0.4) is 0 Å². The van der Waals surface area contributed by atoms with Gasteiger partial charge in [0, 0.05) is 6.20 Å². The minimum Gasteiger partial charge on any atom is -0.319 e. The SMILES string of the molecule is CNCC1CCCN(C)C1c1ccnc(C)n1. The molecule has 2 atom stereocenters. The van der Waals surface area contributed by atoms with E-state index >= 15 is 0 Å². The first-order valence-electron chi connectivity index (χ1n) is 6.36. The van der Waals surface area contributed by atoms with E-state index in [0.717, 1.165) is 18.9 Å². The third-order valence-electron chi connectivity index (χ3n) is 3.57. The molecule has 2 unspecified atom stereocenters. The van der Waals surface area contributed by atoms with E-state index in [2.05, 4.69) is 33.3 Å². The second-order valence-corrected chi connectivity index (χ2v) is 4.91. The molecule has 0 spiro atoms. The Hall–Kier alpha value is -1.00. The van der Waals surface area contributed by atoms with Gasteiger partial charge in [0.1, 0.15) is 5.82 Å². The van der Waals surface area contributed by atoms with Crippen LogP contribution in [0.25, 0.3) is 0 Å². The van der Waals surface area contributed by atoms with Gasteiger partial charge >= 0.3 is 0 Å². The second kappa shape index (κ2) is 5.56. The Morgan fingerprint density at radius 3 is 3.06 bits per heavy atom. The lowest BCUT2D eigenvalue weighted by molar-refractivity contribution is 0.117. The fraction of sp³-hybridized carbons (Fsp3) is 0.692. The molecule has 0 aromatic carbocycles. The molecule has 0 aliphatic carbocycles. The number of hydrogen-bond acceptors (Lipinski definition) is 4. The Morgan fingerprint density at radius 1 is 1.53 bits per heavy atom. The molecule has 0 radical (unpaired) electrons. The molecule has 4 heteroatoms. The molecule has 17 heavy (non-hydrogen) atoms. The van der Waals surface area contributed by atoms with Crippen LogP contribution >= 0.6 is 0 Å². The normalized spacial score (nSPS) is 26.1. The van der Waals surface area contributed by atoms with Crippen molar-refractivity contribution in [3.63, 3.8) is 0 Å². The summed E-state index contributed by atoms with van der Waals surface area (Å²) in [6.07, 6.45) is 4.43. The third kappa shape index (κ3) is 2.82. The number of piperidine rings is 1. The van der Waals surface area contributed by atoms with Crippen molar-refractivity contribution in [1.29, 1.82) is 0 Å². The van der Waals surface area contributed by atoms with E-state index < -0.39 is 0 Å². The van der Waals surface area contributed by atoms with E-state index in [0.29, 0.717) is 12.0 Å². The van der Waals surface area contributed by atoms with Gasteiger partial charge in [-0.3, -0.25) is 4.90 Å². The summed E-state index contributed by atoms with van der Waals surface area (Å²) in [5.41, 5.74) is 1.17. The van der Waals surface area contributed by atoms with Crippen LogP contribution in [0.1, 0.15) is 30.4 Å². The smallest absolute Gasteiger partial charge is 0.125 e. The van der Waals surface area contributed by atoms with Gasteiger partial charge in [0.15, 0.2) is 0 Å². The Kier molecular flexibility index (Phi) is 4.07. The monoisotopic (exact) mass is 234 g/mol. The van der Waals surface area contributed by atoms with Gasteiger partial charge in [-0.05, 0) is 58.9 Å². The summed E-state index contributed by atoms with van der Waals surface area (Å²) >= 11 is 0. The van der Waals surface area contributed by atoms with Gasteiger partial charge < -0.3 is 5.32 Å². The molecule has 1 saturated heterocycles. The second-order valence-electron chi connectivity index (χ2n) is 4.91. The van der Waals surface area contributed by atoms with Crippen LogP contribution in [0.2, 0.25) is 0 Å². The van der Waals surface area contributed by atoms with Crippen molar-refractivity contribution in [1.82, 2.24) is 20.2 Å². The number of rotatable bonds is 3. The number of likely N-dealkylation sites (tertiary alicyclic amines) is 1. The lowest BCUT2D eigenvalue weighted by Gasteiger charge is -2.38. The first kappa shape index (κ1) is 12.5. The summed E-state index contributed by atoms with van der Waals surface area (Å²) in [4.78, 5) is 11.2. The van der Waals surface area contributed by atoms with Crippen LogP contribution in [0.15, 0.2) is 12.3 Å². The molecular weight excluding hydrogens is 212 g/mol. The van der Waals surface area contributed by atoms with Crippen molar-refractivity contribution in [2.24, 2.45) is 5.92 Å². The number of aryl methyl sites for hydroxylation is 1. The lowest BCUT2D eigenvalue weighted by Crippen LogP contribution is -2.40. The number of nitrogens with zero attached hydrogens (tertiary/aromatic N) is 3. The number of nitrogens with one attached hydrogen (secondary N) is 1. The molecular formula is C13H22N4. The van der Waals surface area contributed by atoms with Crippen molar-refractivity contribution in [2.45, 2.75) is 25.8 Å². The van der Waals surface area contributed by atoms with Crippen LogP contribution in [0.4, 0.5) is 0 Å². The summed E-state index contributed by atoms with van der Waals surface area (Å²) in [7, 11) is 4.22. The van der Waals surface area contributed by atoms with E-state index in [4.69, 9.17) is 0 Å². The Morgan fingerprint density at radius 2 is 2.35 bits per heavy atom. The minimum absolute atomic E-state index is 0.429. The topological polar surface area (TPSA) is 41.0 Å². The predicted octanol–water partition coefficient (Wildman–Crippen LogP) is 1.39. The average molecular weight is 234 g/mol. The minimum atomic E-state index is 0.429. The molecule has 0 saturated carbocycles. The van der Waals surface area contributed by atoms with E-state index in [9.17, 15) is 0 Å². The maximum absolute atomic E-state index is 4.60. The van der Waals surface area contributed by atoms with Crippen molar-refractivity contribution in [3.8, 4) is 0 Å². The van der Waals surface area contributed by atoms with Gasteiger partial charge in [-0.1, -0.05) is 0 Å². The summed E-state index contributed by atoms with van der Waals surface area (Å²) in [6, 6.07) is 2.49. The largest absolute Gasteiger partial charge is 0.319 e. The zero-order chi connectivity index (χ0) is 12.3. The molecule has 1 N–H and O–H groups in total. The van der Waals surface area contributed by atoms with E-state index in [-0.39, 0.29) is 0 Å². The van der Waals surface area contributed by atoms with Crippen LogP contribution in [0, 0.1) is 12.8 Å². The van der Waals surface area contributed by atoms with Gasteiger partial charge in [0.25, 0.3) is 0 Å². The highest BCUT2D eigenvalue weighted by molar-refractivity contribution is 5.10. The molecule has 1 aromatic rings. The lowest BCUT2D eigenvalue weighted by atomic mass is 9.87. The standard InChI is InChI=1S/C13H22N4/c1-10-15-7-6-12(16-10)13-11(9-14-2)5-4-8-17(13)3/h6-7,11,13-14H,4-5,8-9H2,1-3H3.